The zero-order valence-corrected chi connectivity index (χ0v) is 15.3. The first-order valence-electron chi connectivity index (χ1n) is 7.77. The highest BCUT2D eigenvalue weighted by molar-refractivity contribution is 7.86. The Bertz CT molecular complexity index is 654. The zero-order valence-electron chi connectivity index (χ0n) is 13.8. The Morgan fingerprint density at radius 2 is 2.08 bits per heavy atom. The summed E-state index contributed by atoms with van der Waals surface area (Å²) in [6.45, 7) is 3.25. The number of ether oxygens (including phenoxy) is 1. The van der Waals surface area contributed by atoms with E-state index < -0.39 is 15.5 Å². The van der Waals surface area contributed by atoms with Gasteiger partial charge in [-0.15, -0.1) is 11.6 Å². The molecule has 8 heteroatoms. The number of nitrogens with zero attached hydrogens (tertiary/aromatic N) is 1. The summed E-state index contributed by atoms with van der Waals surface area (Å²) in [7, 11) is -3.55. The number of rotatable bonds is 7. The van der Waals surface area contributed by atoms with E-state index in [0.29, 0.717) is 13.1 Å². The van der Waals surface area contributed by atoms with E-state index in [-0.39, 0.29) is 17.8 Å². The number of halogens is 1. The number of hydrogen-bond acceptors (Lipinski definition) is 5. The normalized spacial score (nSPS) is 19.0. The van der Waals surface area contributed by atoms with Gasteiger partial charge in [-0.05, 0) is 37.5 Å². The van der Waals surface area contributed by atoms with Gasteiger partial charge in [-0.2, -0.15) is 8.42 Å². The highest BCUT2D eigenvalue weighted by atomic mass is 35.5. The van der Waals surface area contributed by atoms with Crippen LogP contribution < -0.4 is 4.18 Å². The Morgan fingerprint density at radius 1 is 1.42 bits per heavy atom. The molecule has 134 valence electrons. The van der Waals surface area contributed by atoms with Gasteiger partial charge in [0.05, 0.1) is 12.4 Å². The molecule has 1 aliphatic heterocycles. The summed E-state index contributed by atoms with van der Waals surface area (Å²) in [5, 5.41) is -0.612. The van der Waals surface area contributed by atoms with Gasteiger partial charge >= 0.3 is 10.1 Å². The van der Waals surface area contributed by atoms with Crippen LogP contribution >= 0.6 is 11.6 Å². The lowest BCUT2D eigenvalue weighted by atomic mass is 10.1. The minimum absolute atomic E-state index is 0.0391. The van der Waals surface area contributed by atoms with E-state index in [1.54, 1.807) is 36.1 Å². The predicted octanol–water partition coefficient (Wildman–Crippen LogP) is 2.16. The summed E-state index contributed by atoms with van der Waals surface area (Å²) < 4.78 is 32.6. The maximum absolute atomic E-state index is 12.3. The lowest BCUT2D eigenvalue weighted by Gasteiger charge is -2.26. The van der Waals surface area contributed by atoms with Gasteiger partial charge in [-0.3, -0.25) is 4.79 Å². The fraction of sp³-hybridized carbons (Fsp3) is 0.562. The molecule has 1 aromatic rings. The van der Waals surface area contributed by atoms with Crippen LogP contribution in [0.15, 0.2) is 24.3 Å². The lowest BCUT2D eigenvalue weighted by molar-refractivity contribution is -0.132. The minimum atomic E-state index is -3.55. The number of carbonyl (C=O) groups excluding carboxylic acids is 1. The van der Waals surface area contributed by atoms with Gasteiger partial charge in [-0.1, -0.05) is 12.1 Å². The van der Waals surface area contributed by atoms with E-state index in [1.165, 1.54) is 0 Å². The number of alkyl halides is 1. The van der Waals surface area contributed by atoms with Crippen molar-refractivity contribution in [3.63, 3.8) is 0 Å². The van der Waals surface area contributed by atoms with Crippen molar-refractivity contribution in [2.45, 2.75) is 37.8 Å². The molecule has 1 fully saturated rings. The van der Waals surface area contributed by atoms with Crippen LogP contribution in [-0.2, 0) is 26.2 Å². The van der Waals surface area contributed by atoms with Crippen molar-refractivity contribution in [1.82, 2.24) is 4.90 Å². The van der Waals surface area contributed by atoms with Crippen LogP contribution in [0, 0.1) is 0 Å². The van der Waals surface area contributed by atoms with Gasteiger partial charge in [0, 0.05) is 19.7 Å². The third-order valence-electron chi connectivity index (χ3n) is 3.64. The van der Waals surface area contributed by atoms with Crippen LogP contribution in [-0.4, -0.2) is 50.1 Å². The summed E-state index contributed by atoms with van der Waals surface area (Å²) in [6.07, 6.45) is 2.96. The largest absolute Gasteiger partial charge is 0.383 e. The van der Waals surface area contributed by atoms with Crippen molar-refractivity contribution in [1.29, 1.82) is 0 Å². The van der Waals surface area contributed by atoms with Crippen molar-refractivity contribution in [2.75, 3.05) is 19.4 Å². The molecule has 0 aromatic heterocycles. The van der Waals surface area contributed by atoms with Crippen molar-refractivity contribution < 1.29 is 22.1 Å². The molecular weight excluding hydrogens is 354 g/mol. The van der Waals surface area contributed by atoms with Gasteiger partial charge < -0.3 is 13.8 Å². The van der Waals surface area contributed by atoms with Crippen molar-refractivity contribution in [3.8, 4) is 5.75 Å². The van der Waals surface area contributed by atoms with Crippen molar-refractivity contribution in [2.24, 2.45) is 0 Å². The van der Waals surface area contributed by atoms with Crippen LogP contribution in [0.3, 0.4) is 0 Å². The van der Waals surface area contributed by atoms with E-state index in [4.69, 9.17) is 20.5 Å². The van der Waals surface area contributed by atoms with E-state index >= 15 is 0 Å². The number of carbonyl (C=O) groups is 1. The summed E-state index contributed by atoms with van der Waals surface area (Å²) in [4.78, 5) is 14.0. The molecule has 0 unspecified atom stereocenters. The van der Waals surface area contributed by atoms with Crippen molar-refractivity contribution in [3.05, 3.63) is 29.8 Å². The smallest absolute Gasteiger partial charge is 0.306 e. The lowest BCUT2D eigenvalue weighted by Crippen LogP contribution is -2.40. The maximum Gasteiger partial charge on any atom is 0.306 e. The second-order valence-electron chi connectivity index (χ2n) is 5.90. The molecule has 0 N–H and O–H groups in total. The average molecular weight is 376 g/mol. The van der Waals surface area contributed by atoms with E-state index in [1.807, 2.05) is 0 Å². The highest BCUT2D eigenvalue weighted by Gasteiger charge is 2.25. The Morgan fingerprint density at radius 3 is 2.58 bits per heavy atom. The molecule has 1 saturated heterocycles. The van der Waals surface area contributed by atoms with Gasteiger partial charge in [0.15, 0.2) is 0 Å². The third kappa shape index (κ3) is 5.96. The van der Waals surface area contributed by atoms with Crippen LogP contribution in [0.4, 0.5) is 0 Å². The molecular formula is C16H22ClNO5S. The molecule has 0 bridgehead atoms. The topological polar surface area (TPSA) is 72.9 Å². The molecule has 1 amide bonds. The Labute approximate surface area is 147 Å². The highest BCUT2D eigenvalue weighted by Crippen LogP contribution is 2.19. The number of benzene rings is 1. The molecule has 0 spiro atoms. The molecule has 2 atom stereocenters. The van der Waals surface area contributed by atoms with Gasteiger partial charge in [0.1, 0.15) is 11.1 Å². The molecule has 24 heavy (non-hydrogen) atoms. The fourth-order valence-corrected chi connectivity index (χ4v) is 3.16. The Kier molecular flexibility index (Phi) is 6.48. The van der Waals surface area contributed by atoms with Crippen LogP contribution in [0.1, 0.15) is 25.3 Å². The molecule has 0 aliphatic carbocycles. The fourth-order valence-electron chi connectivity index (χ4n) is 2.56. The van der Waals surface area contributed by atoms with Crippen LogP contribution in [0.2, 0.25) is 0 Å². The second kappa shape index (κ2) is 8.18. The summed E-state index contributed by atoms with van der Waals surface area (Å²) >= 11 is 5.95. The summed E-state index contributed by atoms with van der Waals surface area (Å²) in [5.74, 6) is 0.0904. The first kappa shape index (κ1) is 19.0. The molecule has 0 radical (unpaired) electrons. The van der Waals surface area contributed by atoms with E-state index in [2.05, 4.69) is 0 Å². The average Bonchev–Trinajstić information content (AvgIpc) is 2.99. The first-order chi connectivity index (χ1) is 11.2. The molecule has 1 aliphatic rings. The summed E-state index contributed by atoms with van der Waals surface area (Å²) in [5.41, 5.74) is 0.861. The Hall–Kier alpha value is -1.31. The number of amides is 1. The second-order valence-corrected chi connectivity index (χ2v) is 8.13. The predicted molar refractivity (Wildman–Crippen MR) is 91.6 cm³/mol. The maximum atomic E-state index is 12.3. The third-order valence-corrected chi connectivity index (χ3v) is 4.33. The van der Waals surface area contributed by atoms with Crippen LogP contribution in [0.25, 0.3) is 0 Å². The SMILES string of the molecule is C[C@H](Cl)C(=O)N(Cc1ccc(OS(C)(=O)=O)cc1)C[C@H]1CCCO1. The Balaban J connectivity index is 2.06. The van der Waals surface area contributed by atoms with Crippen molar-refractivity contribution >= 4 is 27.6 Å². The molecule has 1 heterocycles. The molecule has 0 saturated carbocycles. The number of hydrogen-bond donors (Lipinski definition) is 0. The van der Waals surface area contributed by atoms with Gasteiger partial charge in [0.2, 0.25) is 5.91 Å². The summed E-state index contributed by atoms with van der Waals surface area (Å²) in [6, 6.07) is 6.59. The van der Waals surface area contributed by atoms with Gasteiger partial charge in [0.25, 0.3) is 0 Å². The minimum Gasteiger partial charge on any atom is -0.383 e. The standard InChI is InChI=1S/C16H22ClNO5S/c1-12(17)16(19)18(11-15-4-3-9-22-15)10-13-5-7-14(8-6-13)23-24(2,20)21/h5-8,12,15H,3-4,9-11H2,1-2H3/t12-,15+/m0/s1. The van der Waals surface area contributed by atoms with E-state index in [0.717, 1.165) is 31.3 Å². The van der Waals surface area contributed by atoms with E-state index in [9.17, 15) is 13.2 Å². The molecule has 6 nitrogen and oxygen atoms in total. The molecule has 1 aromatic carbocycles. The first-order valence-corrected chi connectivity index (χ1v) is 10.0. The van der Waals surface area contributed by atoms with Gasteiger partial charge in [-0.25, -0.2) is 0 Å². The van der Waals surface area contributed by atoms with Crippen LogP contribution in [0.5, 0.6) is 5.75 Å². The monoisotopic (exact) mass is 375 g/mol. The molecule has 2 rings (SSSR count). The quantitative estimate of drug-likeness (QED) is 0.539. The zero-order chi connectivity index (χ0) is 17.7.